The van der Waals surface area contributed by atoms with E-state index in [2.05, 4.69) is 0 Å². The molecule has 9 heteroatoms. The van der Waals surface area contributed by atoms with Crippen LogP contribution in [0, 0.1) is 10.1 Å². The van der Waals surface area contributed by atoms with Crippen molar-refractivity contribution in [2.75, 3.05) is 26.4 Å². The summed E-state index contributed by atoms with van der Waals surface area (Å²) in [5, 5.41) is 11.3. The lowest BCUT2D eigenvalue weighted by Crippen LogP contribution is -2.45. The molecule has 9 nitrogen and oxygen atoms in total. The van der Waals surface area contributed by atoms with Gasteiger partial charge in [-0.15, -0.1) is 0 Å². The highest BCUT2D eigenvalue weighted by molar-refractivity contribution is 5.96. The van der Waals surface area contributed by atoms with Crippen LogP contribution < -0.4 is 9.47 Å². The Kier molecular flexibility index (Phi) is 5.78. The zero-order chi connectivity index (χ0) is 19.4. The van der Waals surface area contributed by atoms with Crippen LogP contribution >= 0.6 is 0 Å². The van der Waals surface area contributed by atoms with Gasteiger partial charge < -0.3 is 19.1 Å². The van der Waals surface area contributed by atoms with E-state index in [0.29, 0.717) is 6.54 Å². The van der Waals surface area contributed by atoms with Gasteiger partial charge in [0.15, 0.2) is 18.1 Å². The van der Waals surface area contributed by atoms with E-state index in [4.69, 9.17) is 14.2 Å². The molecule has 0 bridgehead atoms. The third-order valence-electron chi connectivity index (χ3n) is 4.82. The average molecular weight is 378 g/mol. The van der Waals surface area contributed by atoms with Crippen molar-refractivity contribution in [1.29, 1.82) is 0 Å². The van der Waals surface area contributed by atoms with Crippen molar-refractivity contribution in [1.82, 2.24) is 4.90 Å². The standard InChI is InChI=1S/C18H22N2O7/c1-2-12-5-3-4-6-19(12)17(21)11-27-18(22)13-9-15-16(26-8-7-25-15)10-14(13)20(23)24/h9-10,12H,2-8,11H2,1H3/t12-/m1/s1. The van der Waals surface area contributed by atoms with Gasteiger partial charge in [0.1, 0.15) is 18.8 Å². The van der Waals surface area contributed by atoms with Gasteiger partial charge in [0.05, 0.1) is 11.0 Å². The largest absolute Gasteiger partial charge is 0.486 e. The van der Waals surface area contributed by atoms with E-state index >= 15 is 0 Å². The third kappa shape index (κ3) is 4.12. The Balaban J connectivity index is 1.72. The van der Waals surface area contributed by atoms with Crippen molar-refractivity contribution in [3.8, 4) is 11.5 Å². The summed E-state index contributed by atoms with van der Waals surface area (Å²) >= 11 is 0. The average Bonchev–Trinajstić information content (AvgIpc) is 2.70. The first kappa shape index (κ1) is 18.9. The van der Waals surface area contributed by atoms with Gasteiger partial charge in [0.2, 0.25) is 0 Å². The van der Waals surface area contributed by atoms with Crippen molar-refractivity contribution in [2.45, 2.75) is 38.6 Å². The summed E-state index contributed by atoms with van der Waals surface area (Å²) < 4.78 is 15.8. The molecule has 2 heterocycles. The molecule has 1 atom stereocenters. The molecule has 0 N–H and O–H groups in total. The Morgan fingerprint density at radius 1 is 1.26 bits per heavy atom. The maximum atomic E-state index is 12.4. The Hall–Kier alpha value is -2.84. The molecule has 0 aromatic heterocycles. The first-order valence-electron chi connectivity index (χ1n) is 9.06. The summed E-state index contributed by atoms with van der Waals surface area (Å²) in [6.07, 6.45) is 3.77. The maximum Gasteiger partial charge on any atom is 0.345 e. The van der Waals surface area contributed by atoms with Gasteiger partial charge in [-0.1, -0.05) is 6.92 Å². The normalized spacial score (nSPS) is 18.7. The van der Waals surface area contributed by atoms with Gasteiger partial charge in [-0.05, 0) is 25.7 Å². The van der Waals surface area contributed by atoms with Gasteiger partial charge >= 0.3 is 5.97 Å². The molecule has 0 saturated carbocycles. The number of esters is 1. The van der Waals surface area contributed by atoms with Gasteiger partial charge in [0.25, 0.3) is 11.6 Å². The van der Waals surface area contributed by atoms with E-state index in [1.165, 1.54) is 6.07 Å². The molecule has 1 fully saturated rings. The van der Waals surface area contributed by atoms with Crippen molar-refractivity contribution in [3.05, 3.63) is 27.8 Å². The number of nitro groups is 1. The van der Waals surface area contributed by atoms with Crippen LogP contribution in [0.2, 0.25) is 0 Å². The minimum Gasteiger partial charge on any atom is -0.486 e. The number of likely N-dealkylation sites (tertiary alicyclic amines) is 1. The van der Waals surface area contributed by atoms with Gasteiger partial charge in [0, 0.05) is 18.7 Å². The van der Waals surface area contributed by atoms with E-state index in [1.54, 1.807) is 4.90 Å². The molecule has 0 aliphatic carbocycles. The first-order valence-corrected chi connectivity index (χ1v) is 9.06. The lowest BCUT2D eigenvalue weighted by Gasteiger charge is -2.35. The lowest BCUT2D eigenvalue weighted by molar-refractivity contribution is -0.385. The molecule has 0 spiro atoms. The summed E-state index contributed by atoms with van der Waals surface area (Å²) in [5.74, 6) is -0.765. The SMILES string of the molecule is CC[C@@H]1CCCCN1C(=O)COC(=O)c1cc2c(cc1[N+](=O)[O-])OCCO2. The quantitative estimate of drug-likeness (QED) is 0.439. The molecule has 1 saturated heterocycles. The van der Waals surface area contributed by atoms with E-state index in [9.17, 15) is 19.7 Å². The number of hydrogen-bond donors (Lipinski definition) is 0. The van der Waals surface area contributed by atoms with Gasteiger partial charge in [-0.2, -0.15) is 0 Å². The van der Waals surface area contributed by atoms with Crippen molar-refractivity contribution in [3.63, 3.8) is 0 Å². The Bertz CT molecular complexity index is 749. The minimum absolute atomic E-state index is 0.147. The minimum atomic E-state index is -0.933. The van der Waals surface area contributed by atoms with Crippen molar-refractivity contribution in [2.24, 2.45) is 0 Å². The molecule has 3 rings (SSSR count). The Morgan fingerprint density at radius 2 is 1.96 bits per heavy atom. The second-order valence-corrected chi connectivity index (χ2v) is 6.49. The number of nitro benzene ring substituents is 1. The molecule has 1 amide bonds. The summed E-state index contributed by atoms with van der Waals surface area (Å²) in [6, 6.07) is 2.52. The fourth-order valence-electron chi connectivity index (χ4n) is 3.43. The second kappa shape index (κ2) is 8.24. The number of carbonyl (C=O) groups excluding carboxylic acids is 2. The topological polar surface area (TPSA) is 108 Å². The van der Waals surface area contributed by atoms with Crippen LogP contribution in [0.25, 0.3) is 0 Å². The monoisotopic (exact) mass is 378 g/mol. The zero-order valence-electron chi connectivity index (χ0n) is 15.1. The Labute approximate surface area is 156 Å². The molecule has 146 valence electrons. The fourth-order valence-corrected chi connectivity index (χ4v) is 3.43. The van der Waals surface area contributed by atoms with E-state index in [-0.39, 0.29) is 42.2 Å². The van der Waals surface area contributed by atoms with Gasteiger partial charge in [-0.3, -0.25) is 14.9 Å². The number of piperidine rings is 1. The maximum absolute atomic E-state index is 12.4. The second-order valence-electron chi connectivity index (χ2n) is 6.49. The van der Waals surface area contributed by atoms with Crippen LogP contribution in [-0.4, -0.2) is 54.1 Å². The summed E-state index contributed by atoms with van der Waals surface area (Å²) in [5.41, 5.74) is -0.705. The van der Waals surface area contributed by atoms with Crippen LogP contribution in [0.5, 0.6) is 11.5 Å². The van der Waals surface area contributed by atoms with Crippen molar-refractivity contribution >= 4 is 17.6 Å². The molecule has 1 aromatic carbocycles. The van der Waals surface area contributed by atoms with E-state index in [1.807, 2.05) is 6.92 Å². The van der Waals surface area contributed by atoms with Crippen LogP contribution in [-0.2, 0) is 9.53 Å². The first-order chi connectivity index (χ1) is 13.0. The summed E-state index contributed by atoms with van der Waals surface area (Å²) in [4.78, 5) is 37.2. The molecule has 0 unspecified atom stereocenters. The number of carbonyl (C=O) groups is 2. The Morgan fingerprint density at radius 3 is 2.63 bits per heavy atom. The third-order valence-corrected chi connectivity index (χ3v) is 4.82. The lowest BCUT2D eigenvalue weighted by atomic mass is 10.00. The molecule has 2 aliphatic rings. The van der Waals surface area contributed by atoms with E-state index < -0.39 is 23.2 Å². The van der Waals surface area contributed by atoms with Crippen LogP contribution in [0.1, 0.15) is 43.0 Å². The predicted octanol–water partition coefficient (Wildman–Crippen LogP) is 2.31. The van der Waals surface area contributed by atoms with E-state index in [0.717, 1.165) is 31.7 Å². The van der Waals surface area contributed by atoms with Crippen LogP contribution in [0.15, 0.2) is 12.1 Å². The fraction of sp³-hybridized carbons (Fsp3) is 0.556. The predicted molar refractivity (Wildman–Crippen MR) is 94.0 cm³/mol. The molecular formula is C18H22N2O7. The summed E-state index contributed by atoms with van der Waals surface area (Å²) in [6.45, 7) is 2.77. The number of benzene rings is 1. The molecule has 2 aliphatic heterocycles. The highest BCUT2D eigenvalue weighted by Crippen LogP contribution is 2.36. The molecule has 27 heavy (non-hydrogen) atoms. The van der Waals surface area contributed by atoms with Crippen LogP contribution in [0.3, 0.4) is 0 Å². The number of ether oxygens (including phenoxy) is 3. The highest BCUT2D eigenvalue weighted by Gasteiger charge is 2.29. The number of fused-ring (bicyclic) bond motifs is 1. The highest BCUT2D eigenvalue weighted by atomic mass is 16.6. The molecule has 0 radical (unpaired) electrons. The number of rotatable bonds is 5. The van der Waals surface area contributed by atoms with Crippen molar-refractivity contribution < 1.29 is 28.7 Å². The molecule has 1 aromatic rings. The summed E-state index contributed by atoms with van der Waals surface area (Å²) in [7, 11) is 0. The zero-order valence-corrected chi connectivity index (χ0v) is 15.1. The number of hydrogen-bond acceptors (Lipinski definition) is 7. The smallest absolute Gasteiger partial charge is 0.345 e. The van der Waals surface area contributed by atoms with Crippen LogP contribution in [0.4, 0.5) is 5.69 Å². The molecular weight excluding hydrogens is 356 g/mol. The number of nitrogens with zero attached hydrogens (tertiary/aromatic N) is 2. The number of amides is 1. The van der Waals surface area contributed by atoms with Gasteiger partial charge in [-0.25, -0.2) is 4.79 Å².